The number of amides is 1. The number of nitrogens with zero attached hydrogens (tertiary/aromatic N) is 3. The van der Waals surface area contributed by atoms with E-state index in [1.54, 1.807) is 18.2 Å². The molecule has 0 aliphatic carbocycles. The SMILES string of the molecule is NC(=O)O[C@H](CO)Cc1nc(-c2cccc(Oc3ccc(C(F)(F)F)cn3)c2)no1. The number of rotatable bonds is 7. The first kappa shape index (κ1) is 21.0. The van der Waals surface area contributed by atoms with Gasteiger partial charge in [0, 0.05) is 17.8 Å². The van der Waals surface area contributed by atoms with E-state index in [1.165, 1.54) is 6.07 Å². The van der Waals surface area contributed by atoms with Crippen LogP contribution in [0.25, 0.3) is 11.4 Å². The van der Waals surface area contributed by atoms with Crippen LogP contribution in [-0.4, -0.2) is 39.0 Å². The Morgan fingerprint density at radius 1 is 1.27 bits per heavy atom. The number of nitrogens with two attached hydrogens (primary N) is 1. The lowest BCUT2D eigenvalue weighted by molar-refractivity contribution is -0.137. The van der Waals surface area contributed by atoms with Crippen molar-refractivity contribution in [2.75, 3.05) is 6.61 Å². The molecule has 158 valence electrons. The predicted octanol–water partition coefficient (Wildman–Crippen LogP) is 2.94. The number of halogens is 3. The average molecular weight is 424 g/mol. The lowest BCUT2D eigenvalue weighted by Gasteiger charge is -2.10. The number of hydrogen-bond donors (Lipinski definition) is 2. The normalized spacial score (nSPS) is 12.4. The molecule has 2 aromatic heterocycles. The topological polar surface area (TPSA) is 134 Å². The molecule has 1 aromatic carbocycles. The lowest BCUT2D eigenvalue weighted by Crippen LogP contribution is -2.27. The van der Waals surface area contributed by atoms with E-state index in [-0.39, 0.29) is 29.8 Å². The van der Waals surface area contributed by atoms with Gasteiger partial charge in [-0.15, -0.1) is 0 Å². The number of alkyl halides is 3. The molecule has 0 saturated carbocycles. The lowest BCUT2D eigenvalue weighted by atomic mass is 10.2. The largest absolute Gasteiger partial charge is 0.443 e. The second-order valence-corrected chi connectivity index (χ2v) is 5.97. The van der Waals surface area contributed by atoms with Crippen LogP contribution in [0.5, 0.6) is 11.6 Å². The third-order valence-corrected chi connectivity index (χ3v) is 3.74. The molecular weight excluding hydrogens is 409 g/mol. The van der Waals surface area contributed by atoms with E-state index in [9.17, 15) is 23.1 Å². The molecule has 12 heteroatoms. The Kier molecular flexibility index (Phi) is 6.16. The number of carbonyl (C=O) groups excluding carboxylic acids is 1. The Morgan fingerprint density at radius 2 is 2.07 bits per heavy atom. The number of aromatic nitrogens is 3. The zero-order valence-electron chi connectivity index (χ0n) is 15.2. The van der Waals surface area contributed by atoms with Gasteiger partial charge in [-0.25, -0.2) is 9.78 Å². The molecule has 3 N–H and O–H groups in total. The molecule has 0 unspecified atom stereocenters. The van der Waals surface area contributed by atoms with Crippen molar-refractivity contribution in [1.82, 2.24) is 15.1 Å². The van der Waals surface area contributed by atoms with Crippen LogP contribution in [-0.2, 0) is 17.3 Å². The number of benzene rings is 1. The molecule has 30 heavy (non-hydrogen) atoms. The Hall–Kier alpha value is -3.67. The van der Waals surface area contributed by atoms with Gasteiger partial charge >= 0.3 is 12.3 Å². The Morgan fingerprint density at radius 3 is 2.70 bits per heavy atom. The maximum Gasteiger partial charge on any atom is 0.417 e. The van der Waals surface area contributed by atoms with Gasteiger partial charge in [0.15, 0.2) is 0 Å². The Bertz CT molecular complexity index is 1010. The monoisotopic (exact) mass is 424 g/mol. The maximum atomic E-state index is 12.6. The summed E-state index contributed by atoms with van der Waals surface area (Å²) in [6.07, 6.45) is -5.83. The third kappa shape index (κ3) is 5.44. The molecule has 3 aromatic rings. The summed E-state index contributed by atoms with van der Waals surface area (Å²) < 4.78 is 53.1. The summed E-state index contributed by atoms with van der Waals surface area (Å²) in [5.74, 6) is 0.548. The number of hydrogen-bond acceptors (Lipinski definition) is 8. The van der Waals surface area contributed by atoms with Crippen molar-refractivity contribution in [3.05, 3.63) is 54.0 Å². The molecule has 1 amide bonds. The van der Waals surface area contributed by atoms with Gasteiger partial charge in [0.25, 0.3) is 0 Å². The van der Waals surface area contributed by atoms with Gasteiger partial charge in [-0.2, -0.15) is 18.2 Å². The smallest absolute Gasteiger partial charge is 0.417 e. The summed E-state index contributed by atoms with van der Waals surface area (Å²) in [7, 11) is 0. The molecule has 0 aliphatic heterocycles. The number of aliphatic hydroxyl groups is 1. The fraction of sp³-hybridized carbons (Fsp3) is 0.222. The van der Waals surface area contributed by atoms with Gasteiger partial charge in [-0.05, 0) is 18.2 Å². The molecule has 3 rings (SSSR count). The van der Waals surface area contributed by atoms with Gasteiger partial charge in [0.1, 0.15) is 11.9 Å². The molecule has 0 aliphatic rings. The van der Waals surface area contributed by atoms with Crippen molar-refractivity contribution in [3.63, 3.8) is 0 Å². The summed E-state index contributed by atoms with van der Waals surface area (Å²) in [5, 5.41) is 13.0. The van der Waals surface area contributed by atoms with Crippen LogP contribution >= 0.6 is 0 Å². The molecule has 0 radical (unpaired) electrons. The van der Waals surface area contributed by atoms with Crippen molar-refractivity contribution >= 4 is 6.09 Å². The fourth-order valence-electron chi connectivity index (χ4n) is 2.39. The zero-order valence-corrected chi connectivity index (χ0v) is 15.2. The van der Waals surface area contributed by atoms with Crippen molar-refractivity contribution < 1.29 is 37.1 Å². The number of primary amides is 1. The first-order valence-corrected chi connectivity index (χ1v) is 8.45. The molecule has 0 fully saturated rings. The van der Waals surface area contributed by atoms with Gasteiger partial charge in [-0.3, -0.25) is 0 Å². The number of aliphatic hydroxyl groups excluding tert-OH is 1. The Balaban J connectivity index is 1.71. The average Bonchev–Trinajstić information content (AvgIpc) is 3.15. The summed E-state index contributed by atoms with van der Waals surface area (Å²) in [6, 6.07) is 8.37. The quantitative estimate of drug-likeness (QED) is 0.591. The summed E-state index contributed by atoms with van der Waals surface area (Å²) in [5.41, 5.74) is 4.52. The predicted molar refractivity (Wildman–Crippen MR) is 94.3 cm³/mol. The number of pyridine rings is 1. The molecule has 0 bridgehead atoms. The van der Waals surface area contributed by atoms with E-state index in [0.717, 1.165) is 12.1 Å². The maximum absolute atomic E-state index is 12.6. The van der Waals surface area contributed by atoms with E-state index in [4.69, 9.17) is 19.7 Å². The highest BCUT2D eigenvalue weighted by molar-refractivity contribution is 5.64. The highest BCUT2D eigenvalue weighted by Gasteiger charge is 2.30. The van der Waals surface area contributed by atoms with Crippen LogP contribution in [0.2, 0.25) is 0 Å². The van der Waals surface area contributed by atoms with Crippen LogP contribution in [0.15, 0.2) is 47.1 Å². The van der Waals surface area contributed by atoms with Gasteiger partial charge in [0.2, 0.25) is 17.6 Å². The minimum Gasteiger partial charge on any atom is -0.443 e. The summed E-state index contributed by atoms with van der Waals surface area (Å²) in [6.45, 7) is -0.482. The van der Waals surface area contributed by atoms with Crippen molar-refractivity contribution in [1.29, 1.82) is 0 Å². The van der Waals surface area contributed by atoms with E-state index in [0.29, 0.717) is 11.8 Å². The van der Waals surface area contributed by atoms with Crippen LogP contribution in [0, 0.1) is 0 Å². The molecule has 0 saturated heterocycles. The molecule has 2 heterocycles. The van der Waals surface area contributed by atoms with Crippen molar-refractivity contribution in [3.8, 4) is 23.0 Å². The second kappa shape index (κ2) is 8.78. The van der Waals surface area contributed by atoms with Gasteiger partial charge in [-0.1, -0.05) is 17.3 Å². The summed E-state index contributed by atoms with van der Waals surface area (Å²) in [4.78, 5) is 18.6. The number of ether oxygens (including phenoxy) is 2. The minimum atomic E-state index is -4.49. The number of carbonyl (C=O) groups is 1. The van der Waals surface area contributed by atoms with Crippen LogP contribution in [0.4, 0.5) is 18.0 Å². The Labute approximate surface area is 167 Å². The van der Waals surface area contributed by atoms with Crippen molar-refractivity contribution in [2.24, 2.45) is 5.73 Å². The van der Waals surface area contributed by atoms with E-state index in [2.05, 4.69) is 15.1 Å². The standard InChI is InChI=1S/C18H15F3N4O5/c19-18(20,21)11-4-5-14(23-8-11)28-12-3-1-2-10(6-12)16-24-15(30-25-16)7-13(9-26)29-17(22)27/h1-6,8,13,26H,7,9H2,(H2,22,27)/t13-/m0/s1. The van der Waals surface area contributed by atoms with Crippen LogP contribution in [0.1, 0.15) is 11.5 Å². The second-order valence-electron chi connectivity index (χ2n) is 5.97. The van der Waals surface area contributed by atoms with Gasteiger partial charge < -0.3 is 24.8 Å². The molecule has 1 atom stereocenters. The minimum absolute atomic E-state index is 0.0247. The molecule has 9 nitrogen and oxygen atoms in total. The van der Waals surface area contributed by atoms with Crippen LogP contribution in [0.3, 0.4) is 0 Å². The fourth-order valence-corrected chi connectivity index (χ4v) is 2.39. The summed E-state index contributed by atoms with van der Waals surface area (Å²) >= 11 is 0. The van der Waals surface area contributed by atoms with E-state index in [1.807, 2.05) is 0 Å². The highest BCUT2D eigenvalue weighted by atomic mass is 19.4. The zero-order chi connectivity index (χ0) is 21.7. The van der Waals surface area contributed by atoms with Gasteiger partial charge in [0.05, 0.1) is 18.6 Å². The molecule has 0 spiro atoms. The van der Waals surface area contributed by atoms with E-state index >= 15 is 0 Å². The third-order valence-electron chi connectivity index (χ3n) is 3.74. The highest BCUT2D eigenvalue weighted by Crippen LogP contribution is 2.30. The van der Waals surface area contributed by atoms with Crippen LogP contribution < -0.4 is 10.5 Å². The molecular formula is C18H15F3N4O5. The van der Waals surface area contributed by atoms with E-state index < -0.39 is 30.5 Å². The first-order chi connectivity index (χ1) is 14.2. The first-order valence-electron chi connectivity index (χ1n) is 8.45. The van der Waals surface area contributed by atoms with Crippen molar-refractivity contribution in [2.45, 2.75) is 18.7 Å².